The molecule has 0 radical (unpaired) electrons. The topological polar surface area (TPSA) is 266 Å². The maximum absolute atomic E-state index is 12.0. The number of esters is 2. The molecule has 2 atom stereocenters. The SMILES string of the molecule is C/C=C/C=C\CC/C=C/C=C/C(=O)NCC(C)C.C/C=C\C=C/CC/C=C/C=C/C(=O)NCC(C)C.O=C(/C=C/c1ccc(O)c(O)c1)OC(C(=O)O)C(OC(=O)/C=C/c1ccc(O)c(O)c1)C(=O)O. The second kappa shape index (κ2) is 37.9. The summed E-state index contributed by atoms with van der Waals surface area (Å²) in [6.45, 7) is 13.7. The molecule has 0 saturated heterocycles. The number of nitrogens with one attached hydrogen (secondary N) is 2. The number of carbonyl (C=O) groups excluding carboxylic acids is 4. The van der Waals surface area contributed by atoms with Crippen LogP contribution in [-0.4, -0.2) is 91.6 Å². The maximum atomic E-state index is 12.0. The molecule has 0 aliphatic rings. The van der Waals surface area contributed by atoms with Crippen molar-refractivity contribution in [2.45, 2.75) is 79.4 Å². The molecule has 0 fully saturated rings. The molecular formula is C54H68N2O14. The lowest BCUT2D eigenvalue weighted by atomic mass is 10.2. The standard InChI is InChI=1S/C22H18O12.2C16H25NO/c23-13-5-1-11(9-15(13)25)3-7-17(27)33-19(21(29)30)20(22(31)32)34-18(28)8-4-12-2-6-14(24)16(26)10-12;2*1-4-5-6-7-8-9-10-11-12-13-16(18)17-14-15(2)3/h1-10,19-20,23-26H,(H,29,30)(H,31,32);2*4-7,10-13,15H,8-9,14H2,1-3H3,(H,17,18)/b7-3+,8-4+;5-4+,7-6-,11-10+,13-12+;5-4-,7-6-,11-10+,13-12+. The molecular weight excluding hydrogens is 901 g/mol. The van der Waals surface area contributed by atoms with Gasteiger partial charge in [0.15, 0.2) is 23.0 Å². The van der Waals surface area contributed by atoms with Gasteiger partial charge in [0, 0.05) is 37.4 Å². The number of ether oxygens (including phenoxy) is 2. The Morgan fingerprint density at radius 2 is 0.814 bits per heavy atom. The third-order valence-corrected chi connectivity index (χ3v) is 8.31. The molecule has 16 nitrogen and oxygen atoms in total. The van der Waals surface area contributed by atoms with E-state index in [0.717, 1.165) is 87.3 Å². The molecule has 2 aromatic rings. The Morgan fingerprint density at radius 1 is 0.486 bits per heavy atom. The fourth-order valence-electron chi connectivity index (χ4n) is 4.75. The van der Waals surface area contributed by atoms with Crippen molar-refractivity contribution >= 4 is 47.8 Å². The van der Waals surface area contributed by atoms with Crippen molar-refractivity contribution in [1.29, 1.82) is 0 Å². The number of carboxylic acids is 2. The number of allylic oxidation sites excluding steroid dienone is 14. The van der Waals surface area contributed by atoms with E-state index in [0.29, 0.717) is 11.8 Å². The summed E-state index contributed by atoms with van der Waals surface area (Å²) in [4.78, 5) is 69.6. The number of rotatable bonds is 25. The zero-order chi connectivity index (χ0) is 52.7. The largest absolute Gasteiger partial charge is 0.504 e. The van der Waals surface area contributed by atoms with E-state index in [-0.39, 0.29) is 22.9 Å². The zero-order valence-corrected chi connectivity index (χ0v) is 40.5. The van der Waals surface area contributed by atoms with E-state index in [2.05, 4.69) is 72.1 Å². The summed E-state index contributed by atoms with van der Waals surface area (Å²) >= 11 is 0. The Kier molecular flexibility index (Phi) is 33.5. The Morgan fingerprint density at radius 3 is 1.10 bits per heavy atom. The van der Waals surface area contributed by atoms with E-state index in [1.165, 1.54) is 12.1 Å². The average Bonchev–Trinajstić information content (AvgIpc) is 3.31. The quantitative estimate of drug-likeness (QED) is 0.0152. The molecule has 0 aromatic heterocycles. The second-order valence-electron chi connectivity index (χ2n) is 15.5. The molecule has 2 rings (SSSR count). The van der Waals surface area contributed by atoms with Crippen molar-refractivity contribution in [3.8, 4) is 23.0 Å². The minimum atomic E-state index is -2.40. The first-order valence-electron chi connectivity index (χ1n) is 22.4. The van der Waals surface area contributed by atoms with Crippen LogP contribution in [0.2, 0.25) is 0 Å². The van der Waals surface area contributed by atoms with Crippen molar-refractivity contribution in [3.05, 3.63) is 157 Å². The van der Waals surface area contributed by atoms with Gasteiger partial charge in [-0.3, -0.25) is 9.59 Å². The Bertz CT molecular complexity index is 2100. The van der Waals surface area contributed by atoms with Gasteiger partial charge in [-0.2, -0.15) is 0 Å². The van der Waals surface area contributed by atoms with Gasteiger partial charge in [0.05, 0.1) is 0 Å². The molecule has 378 valence electrons. The monoisotopic (exact) mass is 968 g/mol. The predicted molar refractivity (Wildman–Crippen MR) is 271 cm³/mol. The number of phenols is 4. The number of unbranched alkanes of at least 4 members (excludes halogenated alkanes) is 2. The van der Waals surface area contributed by atoms with Crippen molar-refractivity contribution < 1.29 is 68.9 Å². The molecule has 0 heterocycles. The van der Waals surface area contributed by atoms with E-state index in [9.17, 15) is 59.4 Å². The molecule has 2 amide bonds. The number of carbonyl (C=O) groups is 6. The van der Waals surface area contributed by atoms with Crippen LogP contribution >= 0.6 is 0 Å². The van der Waals surface area contributed by atoms with E-state index < -0.39 is 59.1 Å². The van der Waals surface area contributed by atoms with Crippen molar-refractivity contribution in [2.24, 2.45) is 11.8 Å². The summed E-state index contributed by atoms with van der Waals surface area (Å²) in [5.41, 5.74) is 0.455. The summed E-state index contributed by atoms with van der Waals surface area (Å²) in [6, 6.07) is 7.08. The molecule has 70 heavy (non-hydrogen) atoms. The van der Waals surface area contributed by atoms with Gasteiger partial charge in [-0.1, -0.05) is 125 Å². The molecule has 0 aliphatic heterocycles. The lowest BCUT2D eigenvalue weighted by Crippen LogP contribution is -2.45. The molecule has 2 aromatic carbocycles. The van der Waals surface area contributed by atoms with Crippen molar-refractivity contribution in [2.75, 3.05) is 13.1 Å². The summed E-state index contributed by atoms with van der Waals surface area (Å²) in [5.74, 6) is -7.25. The van der Waals surface area contributed by atoms with Gasteiger partial charge in [0.2, 0.25) is 24.0 Å². The Hall–Kier alpha value is -8.14. The number of carboxylic acid groups (broad SMARTS) is 2. The van der Waals surface area contributed by atoms with Gasteiger partial charge in [-0.25, -0.2) is 19.2 Å². The number of benzene rings is 2. The minimum absolute atomic E-state index is 0.0265. The summed E-state index contributed by atoms with van der Waals surface area (Å²) < 4.78 is 9.25. The average molecular weight is 969 g/mol. The van der Waals surface area contributed by atoms with Gasteiger partial charge in [-0.15, -0.1) is 0 Å². The lowest BCUT2D eigenvalue weighted by molar-refractivity contribution is -0.183. The molecule has 16 heteroatoms. The number of phenolic OH excluding ortho intramolecular Hbond substituents is 4. The van der Waals surface area contributed by atoms with Gasteiger partial charge < -0.3 is 50.7 Å². The Balaban J connectivity index is 0.00000112. The smallest absolute Gasteiger partial charge is 0.349 e. The second-order valence-corrected chi connectivity index (χ2v) is 15.5. The minimum Gasteiger partial charge on any atom is -0.504 e. The van der Waals surface area contributed by atoms with Crippen LogP contribution in [0.3, 0.4) is 0 Å². The van der Waals surface area contributed by atoms with Gasteiger partial charge in [0.1, 0.15) is 0 Å². The number of aliphatic carboxylic acids is 2. The van der Waals surface area contributed by atoms with Crippen molar-refractivity contribution in [1.82, 2.24) is 10.6 Å². The summed E-state index contributed by atoms with van der Waals surface area (Å²) in [7, 11) is 0. The first-order chi connectivity index (χ1) is 33.3. The van der Waals surface area contributed by atoms with Gasteiger partial charge in [-0.05, 0) is 98.9 Å². The van der Waals surface area contributed by atoms with Crippen LogP contribution in [0, 0.1) is 11.8 Å². The maximum Gasteiger partial charge on any atom is 0.349 e. The molecule has 0 bridgehead atoms. The molecule has 2 unspecified atom stereocenters. The third kappa shape index (κ3) is 32.5. The van der Waals surface area contributed by atoms with E-state index in [1.807, 2.05) is 62.5 Å². The number of hydrogen-bond acceptors (Lipinski definition) is 12. The lowest BCUT2D eigenvalue weighted by Gasteiger charge is -2.19. The Labute approximate surface area is 410 Å². The first-order valence-corrected chi connectivity index (χ1v) is 22.4. The van der Waals surface area contributed by atoms with E-state index in [1.54, 1.807) is 24.3 Å². The number of hydrogen-bond donors (Lipinski definition) is 8. The highest BCUT2D eigenvalue weighted by Crippen LogP contribution is 2.26. The number of aromatic hydroxyl groups is 4. The van der Waals surface area contributed by atoms with Crippen LogP contribution < -0.4 is 10.6 Å². The van der Waals surface area contributed by atoms with Crippen LogP contribution in [0.1, 0.15) is 78.4 Å². The summed E-state index contributed by atoms with van der Waals surface area (Å²) in [6.07, 6.45) is 33.9. The molecule has 0 saturated carbocycles. The molecule has 0 aliphatic carbocycles. The molecule has 0 spiro atoms. The molecule has 8 N–H and O–H groups in total. The van der Waals surface area contributed by atoms with Crippen LogP contribution in [0.15, 0.2) is 146 Å². The van der Waals surface area contributed by atoms with Crippen LogP contribution in [0.5, 0.6) is 23.0 Å². The third-order valence-electron chi connectivity index (χ3n) is 8.31. The van der Waals surface area contributed by atoms with Gasteiger partial charge in [0.25, 0.3) is 0 Å². The van der Waals surface area contributed by atoms with Gasteiger partial charge >= 0.3 is 23.9 Å². The highest BCUT2D eigenvalue weighted by molar-refractivity contribution is 5.94. The van der Waals surface area contributed by atoms with Crippen LogP contribution in [-0.2, 0) is 38.2 Å². The normalized spacial score (nSPS) is 12.7. The highest BCUT2D eigenvalue weighted by atomic mass is 16.6. The number of amides is 2. The van der Waals surface area contributed by atoms with E-state index in [4.69, 9.17) is 0 Å². The fourth-order valence-corrected chi connectivity index (χ4v) is 4.75. The van der Waals surface area contributed by atoms with Crippen LogP contribution in [0.25, 0.3) is 12.2 Å². The zero-order valence-electron chi connectivity index (χ0n) is 40.5. The van der Waals surface area contributed by atoms with Crippen molar-refractivity contribution in [3.63, 3.8) is 0 Å². The van der Waals surface area contributed by atoms with Crippen LogP contribution in [0.4, 0.5) is 0 Å². The first kappa shape index (κ1) is 61.9. The summed E-state index contributed by atoms with van der Waals surface area (Å²) in [5, 5.41) is 61.6. The van der Waals surface area contributed by atoms with E-state index >= 15 is 0 Å². The predicted octanol–water partition coefficient (Wildman–Crippen LogP) is 8.80. The fraction of sp³-hybridized carbons (Fsp3) is 0.296. The highest BCUT2D eigenvalue weighted by Gasteiger charge is 2.40.